The van der Waals surface area contributed by atoms with Crippen molar-refractivity contribution in [3.05, 3.63) is 41.0 Å². The average Bonchev–Trinajstić information content (AvgIpc) is 2.47. The smallest absolute Gasteiger partial charge is 0.343 e. The molecule has 0 aliphatic rings. The molecule has 24 heavy (non-hydrogen) atoms. The van der Waals surface area contributed by atoms with Crippen molar-refractivity contribution in [2.24, 2.45) is 0 Å². The van der Waals surface area contributed by atoms with Gasteiger partial charge in [-0.25, -0.2) is 9.59 Å². The Morgan fingerprint density at radius 2 is 1.62 bits per heavy atom. The third kappa shape index (κ3) is 3.17. The molecule has 0 fully saturated rings. The predicted octanol–water partition coefficient (Wildman–Crippen LogP) is 2.60. The van der Waals surface area contributed by atoms with Crippen molar-refractivity contribution in [3.63, 3.8) is 0 Å². The van der Waals surface area contributed by atoms with Crippen molar-refractivity contribution in [2.45, 2.75) is 6.92 Å². The lowest BCUT2D eigenvalue weighted by Crippen LogP contribution is -2.05. The Morgan fingerprint density at radius 1 is 0.958 bits per heavy atom. The first-order valence-corrected chi connectivity index (χ1v) is 6.63. The number of rotatable bonds is 5. The van der Waals surface area contributed by atoms with E-state index < -0.39 is 40.3 Å². The topological polar surface area (TPSA) is 134 Å². The minimum absolute atomic E-state index is 0.0859. The molecule has 0 unspecified atom stereocenters. The van der Waals surface area contributed by atoms with E-state index in [1.807, 2.05) is 0 Å². The lowest BCUT2D eigenvalue weighted by molar-refractivity contribution is 0.0685. The van der Waals surface area contributed by atoms with Gasteiger partial charge in [-0.05, 0) is 30.7 Å². The van der Waals surface area contributed by atoms with Crippen LogP contribution in [0.3, 0.4) is 0 Å². The number of aryl methyl sites for hydroxylation is 1. The fourth-order valence-corrected chi connectivity index (χ4v) is 2.11. The zero-order chi connectivity index (χ0) is 18.0. The van der Waals surface area contributed by atoms with E-state index in [2.05, 4.69) is 0 Å². The highest BCUT2D eigenvalue weighted by Gasteiger charge is 2.23. The highest BCUT2D eigenvalue weighted by molar-refractivity contribution is 5.95. The van der Waals surface area contributed by atoms with Crippen LogP contribution in [-0.4, -0.2) is 39.5 Å². The summed E-state index contributed by atoms with van der Waals surface area (Å²) in [4.78, 5) is 22.7. The lowest BCUT2D eigenvalue weighted by atomic mass is 10.1. The lowest BCUT2D eigenvalue weighted by Gasteiger charge is -2.15. The van der Waals surface area contributed by atoms with Crippen molar-refractivity contribution < 1.29 is 39.5 Å². The Labute approximate surface area is 136 Å². The molecule has 0 saturated heterocycles. The van der Waals surface area contributed by atoms with Crippen LogP contribution in [0.4, 0.5) is 0 Å². The predicted molar refractivity (Wildman–Crippen MR) is 81.5 cm³/mol. The van der Waals surface area contributed by atoms with Crippen molar-refractivity contribution >= 4 is 11.9 Å². The Bertz CT molecular complexity index is 825. The maximum absolute atomic E-state index is 11.4. The molecule has 8 heteroatoms. The summed E-state index contributed by atoms with van der Waals surface area (Å²) in [7, 11) is 1.29. The molecule has 2 rings (SSSR count). The summed E-state index contributed by atoms with van der Waals surface area (Å²) in [5.74, 6) is -4.65. The van der Waals surface area contributed by atoms with Crippen LogP contribution in [0.5, 0.6) is 28.7 Å². The van der Waals surface area contributed by atoms with E-state index in [1.165, 1.54) is 19.2 Å². The van der Waals surface area contributed by atoms with Gasteiger partial charge in [0, 0.05) is 6.07 Å². The number of aromatic hydroxyl groups is 2. The fraction of sp³-hybridized carbons (Fsp3) is 0.125. The minimum atomic E-state index is -1.47. The molecular weight excluding hydrogens is 320 g/mol. The Kier molecular flexibility index (Phi) is 4.50. The first-order chi connectivity index (χ1) is 11.2. The minimum Gasteiger partial charge on any atom is -0.507 e. The highest BCUT2D eigenvalue weighted by Crippen LogP contribution is 2.40. The monoisotopic (exact) mass is 334 g/mol. The summed E-state index contributed by atoms with van der Waals surface area (Å²) >= 11 is 0. The number of carboxylic acid groups (broad SMARTS) is 2. The van der Waals surface area contributed by atoms with Gasteiger partial charge >= 0.3 is 11.9 Å². The fourth-order valence-electron chi connectivity index (χ4n) is 2.11. The van der Waals surface area contributed by atoms with Crippen LogP contribution in [0.2, 0.25) is 0 Å². The maximum Gasteiger partial charge on any atom is 0.343 e. The molecule has 2 aromatic rings. The van der Waals surface area contributed by atoms with Crippen LogP contribution in [0.1, 0.15) is 26.3 Å². The van der Waals surface area contributed by atoms with Crippen LogP contribution in [0.15, 0.2) is 24.3 Å². The van der Waals surface area contributed by atoms with E-state index in [1.54, 1.807) is 6.92 Å². The molecule has 8 nitrogen and oxygen atoms in total. The number of aromatic carboxylic acids is 2. The number of hydrogen-bond donors (Lipinski definition) is 4. The van der Waals surface area contributed by atoms with E-state index >= 15 is 0 Å². The third-order valence-corrected chi connectivity index (χ3v) is 3.16. The zero-order valence-electron chi connectivity index (χ0n) is 12.7. The average molecular weight is 334 g/mol. The number of benzene rings is 2. The zero-order valence-corrected chi connectivity index (χ0v) is 12.7. The standard InChI is InChI=1S/C16H14O8/c1-7-3-10(17)13(16(21)22)12(4-7)24-14-9(15(19)20)5-8(23-2)6-11(14)18/h3-6,17-18H,1-2H3,(H,19,20)(H,21,22). The molecule has 0 aliphatic heterocycles. The van der Waals surface area contributed by atoms with Gasteiger partial charge in [0.25, 0.3) is 0 Å². The molecule has 0 bridgehead atoms. The number of carbonyl (C=O) groups is 2. The number of carboxylic acids is 2. The van der Waals surface area contributed by atoms with E-state index in [4.69, 9.17) is 9.47 Å². The number of hydrogen-bond acceptors (Lipinski definition) is 6. The van der Waals surface area contributed by atoms with E-state index in [0.717, 1.165) is 12.1 Å². The summed E-state index contributed by atoms with van der Waals surface area (Å²) in [5, 5.41) is 38.3. The maximum atomic E-state index is 11.4. The normalized spacial score (nSPS) is 10.2. The van der Waals surface area contributed by atoms with E-state index in [-0.39, 0.29) is 11.5 Å². The molecule has 0 saturated carbocycles. The quantitative estimate of drug-likeness (QED) is 0.655. The van der Waals surface area contributed by atoms with Crippen molar-refractivity contribution in [2.75, 3.05) is 7.11 Å². The van der Waals surface area contributed by atoms with E-state index in [9.17, 15) is 30.0 Å². The molecule has 4 N–H and O–H groups in total. The largest absolute Gasteiger partial charge is 0.507 e. The third-order valence-electron chi connectivity index (χ3n) is 3.16. The van der Waals surface area contributed by atoms with Gasteiger partial charge in [-0.2, -0.15) is 0 Å². The van der Waals surface area contributed by atoms with Gasteiger partial charge in [-0.1, -0.05) is 0 Å². The van der Waals surface area contributed by atoms with E-state index in [0.29, 0.717) is 5.56 Å². The number of methoxy groups -OCH3 is 1. The van der Waals surface area contributed by atoms with Gasteiger partial charge in [-0.15, -0.1) is 0 Å². The number of phenolic OH excluding ortho intramolecular Hbond substituents is 1. The first-order valence-electron chi connectivity index (χ1n) is 6.63. The van der Waals surface area contributed by atoms with Gasteiger partial charge in [0.05, 0.1) is 7.11 Å². The van der Waals surface area contributed by atoms with Gasteiger partial charge in [-0.3, -0.25) is 0 Å². The van der Waals surface area contributed by atoms with Crippen LogP contribution < -0.4 is 9.47 Å². The number of phenols is 2. The molecule has 0 spiro atoms. The van der Waals surface area contributed by atoms with Crippen LogP contribution in [0.25, 0.3) is 0 Å². The summed E-state index contributed by atoms with van der Waals surface area (Å²) in [6.07, 6.45) is 0. The highest BCUT2D eigenvalue weighted by atomic mass is 16.5. The molecule has 0 aliphatic carbocycles. The second kappa shape index (κ2) is 6.37. The van der Waals surface area contributed by atoms with Crippen molar-refractivity contribution in [3.8, 4) is 28.7 Å². The Morgan fingerprint density at radius 3 is 2.17 bits per heavy atom. The van der Waals surface area contributed by atoms with Crippen LogP contribution in [0, 0.1) is 6.92 Å². The second-order valence-corrected chi connectivity index (χ2v) is 4.89. The molecule has 2 aromatic carbocycles. The second-order valence-electron chi connectivity index (χ2n) is 4.89. The van der Waals surface area contributed by atoms with Crippen molar-refractivity contribution in [1.29, 1.82) is 0 Å². The summed E-state index contributed by atoms with van der Waals surface area (Å²) in [5.41, 5.74) is -0.492. The van der Waals surface area contributed by atoms with Crippen molar-refractivity contribution in [1.82, 2.24) is 0 Å². The molecular formula is C16H14O8. The number of ether oxygens (including phenoxy) is 2. The molecule has 0 heterocycles. The van der Waals surface area contributed by atoms with Crippen LogP contribution in [-0.2, 0) is 0 Å². The van der Waals surface area contributed by atoms with Gasteiger partial charge in [0.2, 0.25) is 0 Å². The summed E-state index contributed by atoms with van der Waals surface area (Å²) < 4.78 is 10.2. The van der Waals surface area contributed by atoms with Gasteiger partial charge in [0.1, 0.15) is 28.4 Å². The molecule has 0 aromatic heterocycles. The Balaban J connectivity index is 2.64. The first kappa shape index (κ1) is 16.9. The van der Waals surface area contributed by atoms with Gasteiger partial charge in [0.15, 0.2) is 11.5 Å². The molecule has 0 amide bonds. The van der Waals surface area contributed by atoms with Gasteiger partial charge < -0.3 is 29.9 Å². The molecule has 0 radical (unpaired) electrons. The summed E-state index contributed by atoms with van der Waals surface area (Å²) in [6, 6.07) is 4.77. The SMILES string of the molecule is COc1cc(O)c(Oc2cc(C)cc(O)c2C(=O)O)c(C(=O)O)c1. The Hall–Kier alpha value is -3.42. The summed E-state index contributed by atoms with van der Waals surface area (Å²) in [6.45, 7) is 1.59. The molecule has 126 valence electrons. The molecule has 0 atom stereocenters. The van der Waals surface area contributed by atoms with Crippen LogP contribution >= 0.6 is 0 Å².